The molecule has 0 heterocycles. The molecule has 0 saturated carbocycles. The highest BCUT2D eigenvalue weighted by Gasteiger charge is 2.22. The van der Waals surface area contributed by atoms with E-state index in [0.717, 1.165) is 0 Å². The zero-order valence-corrected chi connectivity index (χ0v) is 10.5. The van der Waals surface area contributed by atoms with Crippen molar-refractivity contribution in [2.24, 2.45) is 0 Å². The third-order valence-corrected chi connectivity index (χ3v) is 2.54. The molecular formula is C11H24N2O2. The lowest BCUT2D eigenvalue weighted by molar-refractivity contribution is -0.122. The van der Waals surface area contributed by atoms with Crippen molar-refractivity contribution in [2.45, 2.75) is 45.7 Å². The van der Waals surface area contributed by atoms with E-state index < -0.39 is 0 Å². The molecular weight excluding hydrogens is 192 g/mol. The molecule has 0 aromatic rings. The van der Waals surface area contributed by atoms with Crippen LogP contribution in [0.1, 0.15) is 34.1 Å². The van der Waals surface area contributed by atoms with Crippen molar-refractivity contribution in [3.05, 3.63) is 0 Å². The number of carbonyl (C=O) groups is 1. The fourth-order valence-corrected chi connectivity index (χ4v) is 1.09. The van der Waals surface area contributed by atoms with Gasteiger partial charge in [-0.25, -0.2) is 0 Å². The Balaban J connectivity index is 3.90. The lowest BCUT2D eigenvalue weighted by atomic mass is 10.1. The van der Waals surface area contributed by atoms with Crippen LogP contribution in [0.5, 0.6) is 0 Å². The Labute approximate surface area is 92.7 Å². The summed E-state index contributed by atoms with van der Waals surface area (Å²) in [5.74, 6) is 0.0607. The van der Waals surface area contributed by atoms with Crippen LogP contribution < -0.4 is 5.32 Å². The van der Waals surface area contributed by atoms with Crippen LogP contribution in [0, 0.1) is 0 Å². The van der Waals surface area contributed by atoms with Gasteiger partial charge in [-0.2, -0.15) is 0 Å². The SMILES string of the molecule is CC(C)NC(=O)CCN(C)C(C)(C)CO. The van der Waals surface area contributed by atoms with E-state index in [9.17, 15) is 4.79 Å². The van der Waals surface area contributed by atoms with Crippen LogP contribution in [0.3, 0.4) is 0 Å². The van der Waals surface area contributed by atoms with E-state index >= 15 is 0 Å². The summed E-state index contributed by atoms with van der Waals surface area (Å²) < 4.78 is 0. The van der Waals surface area contributed by atoms with E-state index in [1.54, 1.807) is 0 Å². The molecule has 15 heavy (non-hydrogen) atoms. The second kappa shape index (κ2) is 6.08. The molecule has 0 aromatic carbocycles. The summed E-state index contributed by atoms with van der Waals surface area (Å²) in [6.45, 7) is 8.54. The molecule has 0 fully saturated rings. The van der Waals surface area contributed by atoms with Crippen molar-refractivity contribution in [3.8, 4) is 0 Å². The minimum Gasteiger partial charge on any atom is -0.394 e. The van der Waals surface area contributed by atoms with Crippen molar-refractivity contribution in [3.63, 3.8) is 0 Å². The van der Waals surface area contributed by atoms with Crippen LogP contribution in [0.15, 0.2) is 0 Å². The maximum Gasteiger partial charge on any atom is 0.221 e. The molecule has 0 radical (unpaired) electrons. The van der Waals surface area contributed by atoms with E-state index in [1.807, 2.05) is 39.6 Å². The average Bonchev–Trinajstić information content (AvgIpc) is 2.13. The highest BCUT2D eigenvalue weighted by Crippen LogP contribution is 2.10. The van der Waals surface area contributed by atoms with Crippen LogP contribution in [-0.4, -0.2) is 47.7 Å². The van der Waals surface area contributed by atoms with Gasteiger partial charge in [-0.3, -0.25) is 9.69 Å². The first-order chi connectivity index (χ1) is 6.79. The maximum absolute atomic E-state index is 11.4. The summed E-state index contributed by atoms with van der Waals surface area (Å²) >= 11 is 0. The quantitative estimate of drug-likeness (QED) is 0.684. The number of rotatable bonds is 6. The van der Waals surface area contributed by atoms with Crippen molar-refractivity contribution >= 4 is 5.91 Å². The number of hydrogen-bond donors (Lipinski definition) is 2. The van der Waals surface area contributed by atoms with Gasteiger partial charge in [0.1, 0.15) is 0 Å². The summed E-state index contributed by atoms with van der Waals surface area (Å²) in [5, 5.41) is 12.0. The van der Waals surface area contributed by atoms with Crippen molar-refractivity contribution in [2.75, 3.05) is 20.2 Å². The molecule has 0 aromatic heterocycles. The molecule has 4 heteroatoms. The Morgan fingerprint density at radius 1 is 1.47 bits per heavy atom. The van der Waals surface area contributed by atoms with E-state index in [1.165, 1.54) is 0 Å². The normalized spacial score (nSPS) is 12.3. The number of amides is 1. The molecule has 0 saturated heterocycles. The Bertz CT molecular complexity index is 203. The predicted molar refractivity (Wildman–Crippen MR) is 61.7 cm³/mol. The van der Waals surface area contributed by atoms with Crippen molar-refractivity contribution < 1.29 is 9.90 Å². The lowest BCUT2D eigenvalue weighted by Crippen LogP contribution is -2.45. The molecule has 0 rings (SSSR count). The second-order valence-electron chi connectivity index (χ2n) is 4.86. The standard InChI is InChI=1S/C11H24N2O2/c1-9(2)12-10(15)6-7-13(5)11(3,4)8-14/h9,14H,6-8H2,1-5H3,(H,12,15). The molecule has 0 aliphatic heterocycles. The third-order valence-electron chi connectivity index (χ3n) is 2.54. The first-order valence-electron chi connectivity index (χ1n) is 5.41. The van der Waals surface area contributed by atoms with E-state index in [0.29, 0.717) is 13.0 Å². The van der Waals surface area contributed by atoms with Gasteiger partial charge in [-0.15, -0.1) is 0 Å². The van der Waals surface area contributed by atoms with Crippen LogP contribution in [0.2, 0.25) is 0 Å². The molecule has 0 spiro atoms. The van der Waals surface area contributed by atoms with Crippen LogP contribution in [0.25, 0.3) is 0 Å². The van der Waals surface area contributed by atoms with Gasteiger partial charge in [0, 0.05) is 24.5 Å². The number of nitrogens with one attached hydrogen (secondary N) is 1. The van der Waals surface area contributed by atoms with Gasteiger partial charge < -0.3 is 10.4 Å². The molecule has 0 aliphatic carbocycles. The smallest absolute Gasteiger partial charge is 0.221 e. The predicted octanol–water partition coefficient (Wildman–Crippen LogP) is 0.604. The number of carbonyl (C=O) groups excluding carboxylic acids is 1. The Morgan fingerprint density at radius 3 is 2.40 bits per heavy atom. The van der Waals surface area contributed by atoms with Gasteiger partial charge in [0.25, 0.3) is 0 Å². The Hall–Kier alpha value is -0.610. The monoisotopic (exact) mass is 216 g/mol. The van der Waals surface area contributed by atoms with Crippen LogP contribution in [-0.2, 0) is 4.79 Å². The number of aliphatic hydroxyl groups is 1. The highest BCUT2D eigenvalue weighted by molar-refractivity contribution is 5.76. The van der Waals surface area contributed by atoms with E-state index in [2.05, 4.69) is 5.32 Å². The molecule has 2 N–H and O–H groups in total. The van der Waals surface area contributed by atoms with Gasteiger partial charge in [0.15, 0.2) is 0 Å². The van der Waals surface area contributed by atoms with Crippen LogP contribution in [0.4, 0.5) is 0 Å². The molecule has 0 aliphatic rings. The minimum absolute atomic E-state index is 0.0607. The summed E-state index contributed by atoms with van der Waals surface area (Å²) in [5.41, 5.74) is -0.266. The molecule has 0 bridgehead atoms. The highest BCUT2D eigenvalue weighted by atomic mass is 16.3. The molecule has 90 valence electrons. The van der Waals surface area contributed by atoms with E-state index in [-0.39, 0.29) is 24.1 Å². The molecule has 1 amide bonds. The zero-order chi connectivity index (χ0) is 12.1. The minimum atomic E-state index is -0.266. The number of nitrogens with zero attached hydrogens (tertiary/aromatic N) is 1. The number of likely N-dealkylation sites (N-methyl/N-ethyl adjacent to an activating group) is 1. The van der Waals surface area contributed by atoms with Gasteiger partial charge in [0.2, 0.25) is 5.91 Å². The van der Waals surface area contributed by atoms with Gasteiger partial charge in [0.05, 0.1) is 6.61 Å². The second-order valence-corrected chi connectivity index (χ2v) is 4.86. The summed E-state index contributed by atoms with van der Waals surface area (Å²) in [4.78, 5) is 13.4. The third kappa shape index (κ3) is 5.74. The van der Waals surface area contributed by atoms with Gasteiger partial charge >= 0.3 is 0 Å². The molecule has 4 nitrogen and oxygen atoms in total. The summed E-state index contributed by atoms with van der Waals surface area (Å²) in [7, 11) is 1.92. The largest absolute Gasteiger partial charge is 0.394 e. The van der Waals surface area contributed by atoms with Crippen molar-refractivity contribution in [1.29, 1.82) is 0 Å². The summed E-state index contributed by atoms with van der Waals surface area (Å²) in [6.07, 6.45) is 0.470. The fourth-order valence-electron chi connectivity index (χ4n) is 1.09. The maximum atomic E-state index is 11.4. The first-order valence-corrected chi connectivity index (χ1v) is 5.41. The number of hydrogen-bond acceptors (Lipinski definition) is 3. The lowest BCUT2D eigenvalue weighted by Gasteiger charge is -2.33. The summed E-state index contributed by atoms with van der Waals surface area (Å²) in [6, 6.07) is 0.189. The van der Waals surface area contributed by atoms with E-state index in [4.69, 9.17) is 5.11 Å². The first kappa shape index (κ1) is 14.4. The fraction of sp³-hybridized carbons (Fsp3) is 0.909. The topological polar surface area (TPSA) is 52.6 Å². The van der Waals surface area contributed by atoms with Gasteiger partial charge in [-0.1, -0.05) is 0 Å². The Kier molecular flexibility index (Phi) is 5.83. The van der Waals surface area contributed by atoms with Crippen molar-refractivity contribution in [1.82, 2.24) is 10.2 Å². The Morgan fingerprint density at radius 2 is 2.00 bits per heavy atom. The number of aliphatic hydroxyl groups excluding tert-OH is 1. The van der Waals surface area contributed by atoms with Crippen LogP contribution >= 0.6 is 0 Å². The zero-order valence-electron chi connectivity index (χ0n) is 10.5. The average molecular weight is 216 g/mol. The molecule has 0 atom stereocenters. The molecule has 0 unspecified atom stereocenters. The van der Waals surface area contributed by atoms with Gasteiger partial charge in [-0.05, 0) is 34.7 Å².